The summed E-state index contributed by atoms with van der Waals surface area (Å²) < 4.78 is 18.2. The van der Waals surface area contributed by atoms with Crippen LogP contribution < -0.4 is 13.6 Å². The molecule has 0 fully saturated rings. The smallest absolute Gasteiger partial charge is 0.407 e. The third-order valence-corrected chi connectivity index (χ3v) is 6.47. The maximum Gasteiger partial charge on any atom is 0.490 e. The molecular weight excluding hydrogens is 422 g/mol. The first-order chi connectivity index (χ1) is 12.9. The normalized spacial score (nSPS) is 14.6. The van der Waals surface area contributed by atoms with Crippen LogP contribution >= 0.6 is 29.9 Å². The van der Waals surface area contributed by atoms with Gasteiger partial charge in [0.15, 0.2) is 0 Å². The molecular formula is C20H15Cl2O3PS. The standard InChI is InChI=1S/C20H15Cl2O3PS/c1-13-3-2-4-18(9-13)23-26(27)24-19-7-5-16(21)11-14(19)10-15-12-17(22)6-8-20(15)25-26/h2-9,11-12H,10H2,1H3. The Labute approximate surface area is 173 Å². The Balaban J connectivity index is 1.81. The van der Waals surface area contributed by atoms with E-state index in [9.17, 15) is 0 Å². The molecule has 0 saturated heterocycles. The van der Waals surface area contributed by atoms with Gasteiger partial charge in [-0.15, -0.1) is 0 Å². The van der Waals surface area contributed by atoms with E-state index in [2.05, 4.69) is 0 Å². The molecule has 3 aromatic carbocycles. The molecule has 0 atom stereocenters. The van der Waals surface area contributed by atoms with Crippen molar-refractivity contribution < 1.29 is 13.6 Å². The van der Waals surface area contributed by atoms with Crippen molar-refractivity contribution in [3.05, 3.63) is 87.4 Å². The Morgan fingerprint density at radius 1 is 0.889 bits per heavy atom. The van der Waals surface area contributed by atoms with Gasteiger partial charge in [0, 0.05) is 39.4 Å². The van der Waals surface area contributed by atoms with Crippen molar-refractivity contribution in [2.24, 2.45) is 0 Å². The molecule has 0 radical (unpaired) electrons. The van der Waals surface area contributed by atoms with E-state index in [1.54, 1.807) is 24.3 Å². The largest absolute Gasteiger partial charge is 0.490 e. The van der Waals surface area contributed by atoms with E-state index >= 15 is 0 Å². The number of hydrogen-bond donors (Lipinski definition) is 0. The highest BCUT2D eigenvalue weighted by atomic mass is 35.5. The lowest BCUT2D eigenvalue weighted by atomic mass is 10.0. The van der Waals surface area contributed by atoms with E-state index in [0.717, 1.165) is 16.7 Å². The lowest BCUT2D eigenvalue weighted by molar-refractivity contribution is 0.377. The van der Waals surface area contributed by atoms with Gasteiger partial charge >= 0.3 is 6.72 Å². The summed E-state index contributed by atoms with van der Waals surface area (Å²) in [4.78, 5) is 0. The van der Waals surface area contributed by atoms with Crippen LogP contribution in [0.3, 0.4) is 0 Å². The molecule has 0 aliphatic carbocycles. The number of halogens is 2. The summed E-state index contributed by atoms with van der Waals surface area (Å²) in [5.74, 6) is 1.80. The van der Waals surface area contributed by atoms with Gasteiger partial charge in [-0.05, 0) is 61.0 Å². The van der Waals surface area contributed by atoms with E-state index < -0.39 is 6.72 Å². The molecule has 0 saturated carbocycles. The summed E-state index contributed by atoms with van der Waals surface area (Å²) >= 11 is 18.1. The Bertz CT molecular complexity index is 1010. The monoisotopic (exact) mass is 436 g/mol. The third kappa shape index (κ3) is 4.25. The van der Waals surface area contributed by atoms with Crippen molar-refractivity contribution in [2.45, 2.75) is 13.3 Å². The lowest BCUT2D eigenvalue weighted by Gasteiger charge is -2.28. The van der Waals surface area contributed by atoms with Crippen LogP contribution in [0.2, 0.25) is 10.0 Å². The maximum absolute atomic E-state index is 6.19. The zero-order valence-corrected chi connectivity index (χ0v) is 17.5. The first kappa shape index (κ1) is 18.6. The molecule has 0 spiro atoms. The average molecular weight is 437 g/mol. The lowest BCUT2D eigenvalue weighted by Crippen LogP contribution is -2.12. The molecule has 0 N–H and O–H groups in total. The fraction of sp³-hybridized carbons (Fsp3) is 0.100. The minimum atomic E-state index is -3.17. The first-order valence-corrected chi connectivity index (χ1v) is 11.5. The predicted molar refractivity (Wildman–Crippen MR) is 113 cm³/mol. The summed E-state index contributed by atoms with van der Waals surface area (Å²) in [7, 11) is 0. The molecule has 1 heterocycles. The molecule has 138 valence electrons. The summed E-state index contributed by atoms with van der Waals surface area (Å²) in [5.41, 5.74) is 2.85. The molecule has 1 aliphatic heterocycles. The van der Waals surface area contributed by atoms with Gasteiger partial charge in [-0.2, -0.15) is 0 Å². The summed E-state index contributed by atoms with van der Waals surface area (Å²) in [5, 5.41) is 1.24. The number of benzene rings is 3. The zero-order chi connectivity index (χ0) is 19.0. The number of hydrogen-bond acceptors (Lipinski definition) is 4. The Kier molecular flexibility index (Phi) is 5.09. The van der Waals surface area contributed by atoms with Crippen LogP contribution in [-0.2, 0) is 18.2 Å². The van der Waals surface area contributed by atoms with Crippen LogP contribution in [0.4, 0.5) is 0 Å². The van der Waals surface area contributed by atoms with Gasteiger partial charge < -0.3 is 13.6 Å². The van der Waals surface area contributed by atoms with Gasteiger partial charge in [-0.1, -0.05) is 35.3 Å². The summed E-state index contributed by atoms with van der Waals surface area (Å²) in [6.45, 7) is -1.19. The maximum atomic E-state index is 6.19. The molecule has 7 heteroatoms. The second-order valence-corrected chi connectivity index (χ2v) is 9.88. The van der Waals surface area contributed by atoms with Crippen LogP contribution in [0.15, 0.2) is 60.7 Å². The molecule has 0 amide bonds. The van der Waals surface area contributed by atoms with E-state index in [1.165, 1.54) is 0 Å². The topological polar surface area (TPSA) is 27.7 Å². The van der Waals surface area contributed by atoms with Crippen molar-refractivity contribution in [3.63, 3.8) is 0 Å². The minimum Gasteiger partial charge on any atom is -0.407 e. The van der Waals surface area contributed by atoms with E-state index in [-0.39, 0.29) is 0 Å². The van der Waals surface area contributed by atoms with Crippen molar-refractivity contribution in [1.82, 2.24) is 0 Å². The van der Waals surface area contributed by atoms with Crippen LogP contribution in [0.25, 0.3) is 0 Å². The Hall–Kier alpha value is -1.71. The van der Waals surface area contributed by atoms with Crippen LogP contribution in [0.1, 0.15) is 16.7 Å². The van der Waals surface area contributed by atoms with E-state index in [4.69, 9.17) is 48.6 Å². The van der Waals surface area contributed by atoms with E-state index in [0.29, 0.717) is 33.7 Å². The number of fused-ring (bicyclic) bond motifs is 2. The van der Waals surface area contributed by atoms with Crippen molar-refractivity contribution in [2.75, 3.05) is 0 Å². The highest BCUT2D eigenvalue weighted by Crippen LogP contribution is 2.53. The van der Waals surface area contributed by atoms with Crippen LogP contribution in [-0.4, -0.2) is 0 Å². The predicted octanol–water partition coefficient (Wildman–Crippen LogP) is 6.97. The quantitative estimate of drug-likeness (QED) is 0.405. The first-order valence-electron chi connectivity index (χ1n) is 8.23. The molecule has 0 aromatic heterocycles. The van der Waals surface area contributed by atoms with Gasteiger partial charge in [0.05, 0.1) is 0 Å². The van der Waals surface area contributed by atoms with Crippen molar-refractivity contribution >= 4 is 41.7 Å². The van der Waals surface area contributed by atoms with E-state index in [1.807, 2.05) is 43.3 Å². The molecule has 27 heavy (non-hydrogen) atoms. The molecule has 0 bridgehead atoms. The van der Waals surface area contributed by atoms with Gasteiger partial charge in [0.25, 0.3) is 0 Å². The second kappa shape index (κ2) is 7.37. The van der Waals surface area contributed by atoms with Crippen molar-refractivity contribution in [3.8, 4) is 17.2 Å². The van der Waals surface area contributed by atoms with Crippen LogP contribution in [0, 0.1) is 6.92 Å². The molecule has 1 aliphatic rings. The molecule has 3 nitrogen and oxygen atoms in total. The van der Waals surface area contributed by atoms with Crippen LogP contribution in [0.5, 0.6) is 17.2 Å². The SMILES string of the molecule is Cc1cccc(OP2(=S)Oc3ccc(Cl)cc3Cc3cc(Cl)ccc3O2)c1. The highest BCUT2D eigenvalue weighted by molar-refractivity contribution is 8.08. The number of aryl methyl sites for hydroxylation is 1. The van der Waals surface area contributed by atoms with Gasteiger partial charge in [-0.25, -0.2) is 0 Å². The van der Waals surface area contributed by atoms with Gasteiger partial charge in [0.2, 0.25) is 0 Å². The molecule has 4 rings (SSSR count). The Morgan fingerprint density at radius 3 is 2.04 bits per heavy atom. The third-order valence-electron chi connectivity index (χ3n) is 4.05. The zero-order valence-electron chi connectivity index (χ0n) is 14.3. The van der Waals surface area contributed by atoms with Gasteiger partial charge in [-0.3, -0.25) is 0 Å². The fourth-order valence-corrected chi connectivity index (χ4v) is 5.30. The average Bonchev–Trinajstić information content (AvgIpc) is 2.59. The Morgan fingerprint density at radius 2 is 1.48 bits per heavy atom. The fourth-order valence-electron chi connectivity index (χ4n) is 2.85. The highest BCUT2D eigenvalue weighted by Gasteiger charge is 2.31. The van der Waals surface area contributed by atoms with Gasteiger partial charge in [0.1, 0.15) is 17.2 Å². The van der Waals surface area contributed by atoms with Crippen molar-refractivity contribution in [1.29, 1.82) is 0 Å². The molecule has 0 unspecified atom stereocenters. The minimum absolute atomic E-state index is 0.561. The summed E-state index contributed by atoms with van der Waals surface area (Å²) in [6, 6.07) is 18.4. The number of rotatable bonds is 2. The molecule has 3 aromatic rings. The summed E-state index contributed by atoms with van der Waals surface area (Å²) in [6.07, 6.45) is 0.561. The second-order valence-electron chi connectivity index (χ2n) is 6.22.